The van der Waals surface area contributed by atoms with Gasteiger partial charge >= 0.3 is 12.0 Å². The van der Waals surface area contributed by atoms with E-state index >= 15 is 0 Å². The Hall–Kier alpha value is -3.63. The van der Waals surface area contributed by atoms with E-state index in [0.717, 1.165) is 0 Å². The van der Waals surface area contributed by atoms with Gasteiger partial charge in [0.25, 0.3) is 5.88 Å². The highest BCUT2D eigenvalue weighted by Crippen LogP contribution is 2.23. The molecule has 0 saturated heterocycles. The van der Waals surface area contributed by atoms with Crippen LogP contribution in [0.5, 0.6) is 5.88 Å². The summed E-state index contributed by atoms with van der Waals surface area (Å²) >= 11 is 0. The summed E-state index contributed by atoms with van der Waals surface area (Å²) in [5, 5.41) is 16.8. The Balaban J connectivity index is 1.42. The van der Waals surface area contributed by atoms with Gasteiger partial charge in [0.05, 0.1) is 18.9 Å². The number of hydrogen-bond acceptors (Lipinski definition) is 8. The number of hydrogen-bond donors (Lipinski definition) is 1. The van der Waals surface area contributed by atoms with Gasteiger partial charge in [-0.25, -0.2) is 9.36 Å². The molecule has 0 saturated carbocycles. The van der Waals surface area contributed by atoms with Crippen molar-refractivity contribution in [3.05, 3.63) is 47.0 Å². The first-order chi connectivity index (χ1) is 12.1. The number of aromatic nitrogens is 3. The number of furan rings is 1. The number of nitrogens with zero attached hydrogens (tertiary/aromatic N) is 4. The Kier molecular flexibility index (Phi) is 4.74. The molecule has 0 aliphatic heterocycles. The van der Waals surface area contributed by atoms with Gasteiger partial charge in [0.2, 0.25) is 5.76 Å². The Morgan fingerprint density at radius 2 is 2.32 bits per heavy atom. The molecule has 0 spiro atoms. The van der Waals surface area contributed by atoms with Gasteiger partial charge in [-0.2, -0.15) is 0 Å². The van der Waals surface area contributed by atoms with Crippen molar-refractivity contribution < 1.29 is 23.4 Å². The molecule has 3 aromatic rings. The summed E-state index contributed by atoms with van der Waals surface area (Å²) in [4.78, 5) is 25.5. The van der Waals surface area contributed by atoms with Crippen LogP contribution in [0.15, 0.2) is 45.8 Å². The number of carbonyl (C=O) groups is 1. The van der Waals surface area contributed by atoms with Crippen LogP contribution < -0.4 is 10.1 Å². The fourth-order valence-electron chi connectivity index (χ4n) is 2.06. The molecule has 3 heterocycles. The van der Waals surface area contributed by atoms with E-state index in [9.17, 15) is 14.9 Å². The summed E-state index contributed by atoms with van der Waals surface area (Å²) in [6.07, 6.45) is 4.08. The molecule has 0 bridgehead atoms. The monoisotopic (exact) mass is 347 g/mol. The molecule has 3 aromatic heterocycles. The maximum absolute atomic E-state index is 11.7. The van der Waals surface area contributed by atoms with Crippen molar-refractivity contribution >= 4 is 12.0 Å². The number of nitro groups is 1. The summed E-state index contributed by atoms with van der Waals surface area (Å²) in [5.74, 6) is 0.551. The van der Waals surface area contributed by atoms with Crippen molar-refractivity contribution in [2.45, 2.75) is 13.0 Å². The highest BCUT2D eigenvalue weighted by Gasteiger charge is 2.15. The number of aryl methyl sites for hydroxylation is 1. The Bertz CT molecular complexity index is 853. The van der Waals surface area contributed by atoms with Crippen LogP contribution in [0.2, 0.25) is 0 Å². The average Bonchev–Trinajstić information content (AvgIpc) is 3.31. The normalized spacial score (nSPS) is 10.6. The third-order valence-electron chi connectivity index (χ3n) is 3.15. The van der Waals surface area contributed by atoms with E-state index in [0.29, 0.717) is 24.5 Å². The maximum atomic E-state index is 11.7. The van der Waals surface area contributed by atoms with Gasteiger partial charge < -0.3 is 29.1 Å². The number of ether oxygens (including phenoxy) is 1. The van der Waals surface area contributed by atoms with E-state index in [1.165, 1.54) is 29.3 Å². The van der Waals surface area contributed by atoms with Crippen molar-refractivity contribution in [3.8, 4) is 17.4 Å². The lowest BCUT2D eigenvalue weighted by Gasteiger charge is -2.04. The van der Waals surface area contributed by atoms with E-state index in [-0.39, 0.29) is 18.4 Å². The minimum Gasteiger partial charge on any atom is -0.461 e. The third kappa shape index (κ3) is 4.02. The summed E-state index contributed by atoms with van der Waals surface area (Å²) in [5.41, 5.74) is 0. The molecule has 0 aliphatic rings. The summed E-state index contributed by atoms with van der Waals surface area (Å²) in [7, 11) is 0. The average molecular weight is 347 g/mol. The second-order valence-electron chi connectivity index (χ2n) is 4.85. The minimum absolute atomic E-state index is 0.00542. The Morgan fingerprint density at radius 1 is 1.44 bits per heavy atom. The first-order valence-corrected chi connectivity index (χ1v) is 7.25. The van der Waals surface area contributed by atoms with Gasteiger partial charge in [-0.3, -0.25) is 0 Å². The van der Waals surface area contributed by atoms with Crippen LogP contribution in [0.4, 0.5) is 10.7 Å². The minimum atomic E-state index is -0.709. The zero-order valence-corrected chi connectivity index (χ0v) is 12.8. The van der Waals surface area contributed by atoms with Crippen molar-refractivity contribution in [3.63, 3.8) is 0 Å². The van der Waals surface area contributed by atoms with Gasteiger partial charge in [-0.15, -0.1) is 0 Å². The zero-order valence-electron chi connectivity index (χ0n) is 12.8. The number of amides is 1. The first-order valence-electron chi connectivity index (χ1n) is 7.25. The molecule has 0 unspecified atom stereocenters. The lowest BCUT2D eigenvalue weighted by atomic mass is 10.3. The smallest absolute Gasteiger partial charge is 0.434 e. The van der Waals surface area contributed by atoms with Crippen LogP contribution in [0.1, 0.15) is 6.42 Å². The molecule has 0 radical (unpaired) electrons. The summed E-state index contributed by atoms with van der Waals surface area (Å²) in [6.45, 7) is 0.597. The maximum Gasteiger partial charge on any atom is 0.434 e. The van der Waals surface area contributed by atoms with E-state index in [2.05, 4.69) is 15.5 Å². The molecule has 3 rings (SSSR count). The quantitative estimate of drug-likeness (QED) is 0.390. The molecular weight excluding hydrogens is 334 g/mol. The highest BCUT2D eigenvalue weighted by atomic mass is 16.6. The standard InChI is InChI=1S/C14H13N5O6/c20-14(16-4-2-6-18-7-5-15-13(18)19(21)22)24-12-9-11(25-17-12)10-3-1-8-23-10/h1,3,5,7-9H,2,4,6H2,(H,16,20). The van der Waals surface area contributed by atoms with E-state index < -0.39 is 11.0 Å². The van der Waals surface area contributed by atoms with Crippen LogP contribution in [0.25, 0.3) is 11.5 Å². The van der Waals surface area contributed by atoms with Crippen molar-refractivity contribution in [1.82, 2.24) is 20.0 Å². The van der Waals surface area contributed by atoms with Gasteiger partial charge in [-0.05, 0) is 28.6 Å². The molecule has 0 aliphatic carbocycles. The second kappa shape index (κ2) is 7.29. The molecular formula is C14H13N5O6. The molecule has 0 aromatic carbocycles. The van der Waals surface area contributed by atoms with Gasteiger partial charge in [0.1, 0.15) is 12.4 Å². The fourth-order valence-corrected chi connectivity index (χ4v) is 2.06. The molecule has 1 N–H and O–H groups in total. The molecule has 0 atom stereocenters. The van der Waals surface area contributed by atoms with Crippen molar-refractivity contribution in [2.24, 2.45) is 0 Å². The predicted octanol–water partition coefficient (Wildman–Crippen LogP) is 2.22. The van der Waals surface area contributed by atoms with Crippen molar-refractivity contribution in [1.29, 1.82) is 0 Å². The van der Waals surface area contributed by atoms with Gasteiger partial charge in [0, 0.05) is 6.54 Å². The molecule has 0 fully saturated rings. The topological polar surface area (TPSA) is 138 Å². The molecule has 25 heavy (non-hydrogen) atoms. The van der Waals surface area contributed by atoms with Crippen LogP contribution in [-0.2, 0) is 6.54 Å². The largest absolute Gasteiger partial charge is 0.461 e. The predicted molar refractivity (Wildman–Crippen MR) is 81.7 cm³/mol. The van der Waals surface area contributed by atoms with Gasteiger partial charge in [0.15, 0.2) is 5.76 Å². The fraction of sp³-hybridized carbons (Fsp3) is 0.214. The zero-order chi connectivity index (χ0) is 17.6. The van der Waals surface area contributed by atoms with E-state index in [1.54, 1.807) is 12.1 Å². The van der Waals surface area contributed by atoms with Crippen molar-refractivity contribution in [2.75, 3.05) is 6.54 Å². The van der Waals surface area contributed by atoms with Crippen LogP contribution in [0.3, 0.4) is 0 Å². The number of imidazole rings is 1. The molecule has 130 valence electrons. The molecule has 1 amide bonds. The van der Waals surface area contributed by atoms with Gasteiger partial charge in [-0.1, -0.05) is 4.98 Å². The third-order valence-corrected chi connectivity index (χ3v) is 3.15. The SMILES string of the molecule is O=C(NCCCn1ccnc1[N+](=O)[O-])Oc1cc(-c2ccco2)on1. The second-order valence-corrected chi connectivity index (χ2v) is 4.85. The lowest BCUT2D eigenvalue weighted by molar-refractivity contribution is -0.396. The number of rotatable bonds is 7. The highest BCUT2D eigenvalue weighted by molar-refractivity contribution is 5.70. The van der Waals surface area contributed by atoms with E-state index in [1.807, 2.05) is 0 Å². The Morgan fingerprint density at radius 3 is 3.08 bits per heavy atom. The van der Waals surface area contributed by atoms with Crippen LogP contribution >= 0.6 is 0 Å². The Labute approximate surface area is 140 Å². The van der Waals surface area contributed by atoms with Crippen LogP contribution in [0, 0.1) is 10.1 Å². The summed E-state index contributed by atoms with van der Waals surface area (Å²) in [6, 6.07) is 4.79. The first kappa shape index (κ1) is 16.2. The number of carbonyl (C=O) groups excluding carboxylic acids is 1. The summed E-state index contributed by atoms with van der Waals surface area (Å²) < 4.78 is 16.5. The number of nitrogens with one attached hydrogen (secondary N) is 1. The molecule has 11 heteroatoms. The van der Waals surface area contributed by atoms with Crippen LogP contribution in [-0.4, -0.2) is 32.3 Å². The van der Waals surface area contributed by atoms with E-state index in [4.69, 9.17) is 13.7 Å². The molecule has 11 nitrogen and oxygen atoms in total. The lowest BCUT2D eigenvalue weighted by Crippen LogP contribution is -2.28.